The highest BCUT2D eigenvalue weighted by atomic mass is 35.5. The van der Waals surface area contributed by atoms with Gasteiger partial charge in [-0.1, -0.05) is 23.7 Å². The lowest BCUT2D eigenvalue weighted by Gasteiger charge is -2.16. The van der Waals surface area contributed by atoms with E-state index < -0.39 is 0 Å². The molecule has 0 bridgehead atoms. The molecule has 0 N–H and O–H groups in total. The predicted octanol–water partition coefficient (Wildman–Crippen LogP) is 3.87. The van der Waals surface area contributed by atoms with Crippen LogP contribution in [0.25, 0.3) is 0 Å². The second-order valence-electron chi connectivity index (χ2n) is 5.54. The zero-order valence-corrected chi connectivity index (χ0v) is 13.6. The Labute approximate surface area is 133 Å². The molecular formula is C16H17ClN2OS. The van der Waals surface area contributed by atoms with Crippen LogP contribution in [0.5, 0.6) is 0 Å². The summed E-state index contributed by atoms with van der Waals surface area (Å²) in [5, 5.41) is 1.77. The Hall–Kier alpha value is -1.39. The zero-order chi connectivity index (χ0) is 15.0. The molecule has 1 saturated carbocycles. The summed E-state index contributed by atoms with van der Waals surface area (Å²) in [6, 6.07) is 7.83. The van der Waals surface area contributed by atoms with Gasteiger partial charge in [0.15, 0.2) is 0 Å². The van der Waals surface area contributed by atoms with Gasteiger partial charge in [-0.15, -0.1) is 11.3 Å². The standard InChI is InChI=1S/C16H17ClN2OS/c1-10-18-8-13(21-10)9-19(2)16(20)15-7-14(15)11-4-3-5-12(17)6-11/h3-6,8,14-15H,7,9H2,1-2H3/t14-,15-/m0/s1. The van der Waals surface area contributed by atoms with Crippen LogP contribution in [-0.2, 0) is 11.3 Å². The Kier molecular flexibility index (Phi) is 4.00. The SMILES string of the molecule is Cc1ncc(CN(C)C(=O)[C@H]2C[C@H]2c2cccc(Cl)c2)s1. The van der Waals surface area contributed by atoms with Crippen molar-refractivity contribution in [3.63, 3.8) is 0 Å². The van der Waals surface area contributed by atoms with E-state index in [4.69, 9.17) is 11.6 Å². The number of hydrogen-bond acceptors (Lipinski definition) is 3. The van der Waals surface area contributed by atoms with E-state index in [2.05, 4.69) is 11.1 Å². The summed E-state index contributed by atoms with van der Waals surface area (Å²) in [6.45, 7) is 2.62. The predicted molar refractivity (Wildman–Crippen MR) is 85.6 cm³/mol. The third-order valence-electron chi connectivity index (χ3n) is 3.82. The topological polar surface area (TPSA) is 33.2 Å². The van der Waals surface area contributed by atoms with Crippen molar-refractivity contribution in [2.24, 2.45) is 5.92 Å². The summed E-state index contributed by atoms with van der Waals surface area (Å²) >= 11 is 7.66. The van der Waals surface area contributed by atoms with E-state index in [1.165, 1.54) is 5.56 Å². The second kappa shape index (κ2) is 5.78. The first kappa shape index (κ1) is 14.5. The minimum Gasteiger partial charge on any atom is -0.340 e. The number of rotatable bonds is 4. The fourth-order valence-corrected chi connectivity index (χ4v) is 3.69. The first-order chi connectivity index (χ1) is 10.0. The van der Waals surface area contributed by atoms with Crippen LogP contribution in [0, 0.1) is 12.8 Å². The largest absolute Gasteiger partial charge is 0.340 e. The Morgan fingerprint density at radius 3 is 3.00 bits per heavy atom. The van der Waals surface area contributed by atoms with Crippen molar-refractivity contribution < 1.29 is 4.79 Å². The average molecular weight is 321 g/mol. The maximum absolute atomic E-state index is 12.5. The summed E-state index contributed by atoms with van der Waals surface area (Å²) in [4.78, 5) is 19.6. The average Bonchev–Trinajstić information content (AvgIpc) is 3.15. The molecule has 0 radical (unpaired) electrons. The molecule has 2 atom stereocenters. The van der Waals surface area contributed by atoms with Crippen LogP contribution in [0.15, 0.2) is 30.5 Å². The van der Waals surface area contributed by atoms with Gasteiger partial charge in [-0.2, -0.15) is 0 Å². The van der Waals surface area contributed by atoms with Crippen LogP contribution in [0.2, 0.25) is 5.02 Å². The van der Waals surface area contributed by atoms with Gasteiger partial charge in [0.2, 0.25) is 5.91 Å². The third-order valence-corrected chi connectivity index (χ3v) is 4.96. The monoisotopic (exact) mass is 320 g/mol. The summed E-state index contributed by atoms with van der Waals surface area (Å²) < 4.78 is 0. The number of amides is 1. The smallest absolute Gasteiger partial charge is 0.226 e. The summed E-state index contributed by atoms with van der Waals surface area (Å²) in [5.41, 5.74) is 1.17. The molecule has 1 aromatic heterocycles. The van der Waals surface area contributed by atoms with Gasteiger partial charge in [-0.3, -0.25) is 4.79 Å². The highest BCUT2D eigenvalue weighted by molar-refractivity contribution is 7.11. The molecule has 5 heteroatoms. The van der Waals surface area contributed by atoms with Crippen molar-refractivity contribution in [2.75, 3.05) is 7.05 Å². The van der Waals surface area contributed by atoms with E-state index in [1.807, 2.05) is 43.3 Å². The molecule has 3 nitrogen and oxygen atoms in total. The number of halogens is 1. The minimum absolute atomic E-state index is 0.0995. The van der Waals surface area contributed by atoms with Crippen molar-refractivity contribution in [1.29, 1.82) is 0 Å². The lowest BCUT2D eigenvalue weighted by molar-refractivity contribution is -0.131. The normalized spacial score (nSPS) is 20.3. The van der Waals surface area contributed by atoms with Gasteiger partial charge in [0.1, 0.15) is 0 Å². The van der Waals surface area contributed by atoms with Crippen molar-refractivity contribution in [3.05, 3.63) is 50.9 Å². The van der Waals surface area contributed by atoms with Gasteiger partial charge in [0.05, 0.1) is 11.6 Å². The third kappa shape index (κ3) is 3.27. The van der Waals surface area contributed by atoms with Gasteiger partial charge in [0.25, 0.3) is 0 Å². The quantitative estimate of drug-likeness (QED) is 0.857. The maximum Gasteiger partial charge on any atom is 0.226 e. The van der Waals surface area contributed by atoms with Crippen LogP contribution >= 0.6 is 22.9 Å². The van der Waals surface area contributed by atoms with Crippen LogP contribution in [0.1, 0.15) is 27.8 Å². The van der Waals surface area contributed by atoms with Gasteiger partial charge in [-0.05, 0) is 37.0 Å². The minimum atomic E-state index is 0.0995. The lowest BCUT2D eigenvalue weighted by atomic mass is 10.1. The van der Waals surface area contributed by atoms with Crippen molar-refractivity contribution >= 4 is 28.8 Å². The summed E-state index contributed by atoms with van der Waals surface area (Å²) in [7, 11) is 1.87. The lowest BCUT2D eigenvalue weighted by Crippen LogP contribution is -2.27. The molecule has 1 amide bonds. The first-order valence-corrected chi connectivity index (χ1v) is 8.16. The fraction of sp³-hybridized carbons (Fsp3) is 0.375. The number of hydrogen-bond donors (Lipinski definition) is 0. The Balaban J connectivity index is 1.62. The van der Waals surface area contributed by atoms with E-state index in [0.717, 1.165) is 21.3 Å². The molecule has 0 unspecified atom stereocenters. The highest BCUT2D eigenvalue weighted by Gasteiger charge is 2.45. The Morgan fingerprint density at radius 1 is 1.52 bits per heavy atom. The van der Waals surface area contributed by atoms with E-state index in [-0.39, 0.29) is 11.8 Å². The fourth-order valence-electron chi connectivity index (χ4n) is 2.65. The molecule has 2 aromatic rings. The van der Waals surface area contributed by atoms with Crippen molar-refractivity contribution in [2.45, 2.75) is 25.8 Å². The Morgan fingerprint density at radius 2 is 2.33 bits per heavy atom. The molecule has 0 aliphatic heterocycles. The molecule has 1 aliphatic rings. The molecule has 0 spiro atoms. The van der Waals surface area contributed by atoms with E-state index in [1.54, 1.807) is 11.3 Å². The second-order valence-corrected chi connectivity index (χ2v) is 7.30. The molecule has 0 saturated heterocycles. The summed E-state index contributed by atoms with van der Waals surface area (Å²) in [5.74, 6) is 0.635. The van der Waals surface area contributed by atoms with Crippen molar-refractivity contribution in [3.8, 4) is 0 Å². The van der Waals surface area contributed by atoms with Gasteiger partial charge in [-0.25, -0.2) is 4.98 Å². The highest BCUT2D eigenvalue weighted by Crippen LogP contribution is 2.48. The van der Waals surface area contributed by atoms with Crippen LogP contribution < -0.4 is 0 Å². The van der Waals surface area contributed by atoms with Gasteiger partial charge in [0, 0.05) is 29.1 Å². The molecule has 1 aliphatic carbocycles. The first-order valence-electron chi connectivity index (χ1n) is 6.96. The number of aromatic nitrogens is 1. The molecule has 1 aromatic carbocycles. The molecule has 110 valence electrons. The van der Waals surface area contributed by atoms with Gasteiger partial charge >= 0.3 is 0 Å². The van der Waals surface area contributed by atoms with E-state index in [9.17, 15) is 4.79 Å². The molecule has 3 rings (SSSR count). The number of nitrogens with zero attached hydrogens (tertiary/aromatic N) is 2. The van der Waals surface area contributed by atoms with Gasteiger partial charge < -0.3 is 4.90 Å². The zero-order valence-electron chi connectivity index (χ0n) is 12.0. The number of benzene rings is 1. The summed E-state index contributed by atoms with van der Waals surface area (Å²) in [6.07, 6.45) is 2.77. The van der Waals surface area contributed by atoms with E-state index >= 15 is 0 Å². The molecule has 1 heterocycles. The number of carbonyl (C=O) groups excluding carboxylic acids is 1. The van der Waals surface area contributed by atoms with Crippen LogP contribution in [0.3, 0.4) is 0 Å². The van der Waals surface area contributed by atoms with Crippen LogP contribution in [-0.4, -0.2) is 22.8 Å². The van der Waals surface area contributed by atoms with E-state index in [0.29, 0.717) is 12.5 Å². The molecular weight excluding hydrogens is 304 g/mol. The van der Waals surface area contributed by atoms with Crippen molar-refractivity contribution in [1.82, 2.24) is 9.88 Å². The molecule has 1 fully saturated rings. The Bertz CT molecular complexity index is 670. The number of aryl methyl sites for hydroxylation is 1. The van der Waals surface area contributed by atoms with Crippen LogP contribution in [0.4, 0.5) is 0 Å². The number of carbonyl (C=O) groups is 1. The molecule has 21 heavy (non-hydrogen) atoms. The number of thiazole rings is 1. The maximum atomic E-state index is 12.5.